The molecule has 0 spiro atoms. The highest BCUT2D eigenvalue weighted by atomic mass is 32.2. The molecule has 1 aromatic rings. The Bertz CT molecular complexity index is 454. The first-order valence-corrected chi connectivity index (χ1v) is 7.02. The van der Waals surface area contributed by atoms with Crippen LogP contribution in [0.1, 0.15) is 12.5 Å². The second-order valence-corrected chi connectivity index (χ2v) is 5.48. The number of benzene rings is 1. The zero-order valence-electron chi connectivity index (χ0n) is 10.0. The fraction of sp³-hybridized carbons (Fsp3) is 0.455. The second kappa shape index (κ2) is 7.17. The molecule has 0 fully saturated rings. The van der Waals surface area contributed by atoms with Gasteiger partial charge in [0.05, 0.1) is 4.92 Å². The minimum atomic E-state index is -0.866. The lowest BCUT2D eigenvalue weighted by Gasteiger charge is -2.05. The highest BCUT2D eigenvalue weighted by Crippen LogP contribution is 2.19. The van der Waals surface area contributed by atoms with E-state index in [1.807, 2.05) is 6.92 Å². The van der Waals surface area contributed by atoms with Crippen LogP contribution in [0, 0.1) is 15.9 Å². The van der Waals surface area contributed by atoms with Gasteiger partial charge in [0.15, 0.2) is 0 Å². The first-order chi connectivity index (χ1) is 8.56. The molecule has 0 bridgehead atoms. The lowest BCUT2D eigenvalue weighted by Crippen LogP contribution is -2.21. The van der Waals surface area contributed by atoms with Gasteiger partial charge in [-0.05, 0) is 0 Å². The zero-order chi connectivity index (χ0) is 13.5. The molecule has 0 aliphatic carbocycles. The maximum atomic E-state index is 13.6. The van der Waals surface area contributed by atoms with E-state index in [1.165, 1.54) is 12.1 Å². The van der Waals surface area contributed by atoms with Gasteiger partial charge < -0.3 is 5.32 Å². The van der Waals surface area contributed by atoms with Crippen LogP contribution in [0.5, 0.6) is 0 Å². The number of nitro groups is 1. The van der Waals surface area contributed by atoms with Gasteiger partial charge in [0, 0.05) is 47.0 Å². The molecule has 5 nitrogen and oxygen atoms in total. The van der Waals surface area contributed by atoms with Crippen molar-refractivity contribution >= 4 is 16.5 Å². The topological polar surface area (TPSA) is 72.2 Å². The van der Waals surface area contributed by atoms with E-state index < -0.39 is 27.2 Å². The summed E-state index contributed by atoms with van der Waals surface area (Å²) in [5.74, 6) is 0.270. The van der Waals surface area contributed by atoms with Crippen LogP contribution in [0.15, 0.2) is 18.2 Å². The summed E-state index contributed by atoms with van der Waals surface area (Å²) in [6.07, 6.45) is 0. The molecule has 0 aliphatic heterocycles. The molecule has 18 heavy (non-hydrogen) atoms. The molecule has 7 heteroatoms. The predicted molar refractivity (Wildman–Crippen MR) is 68.3 cm³/mol. The van der Waals surface area contributed by atoms with E-state index in [4.69, 9.17) is 0 Å². The fourth-order valence-electron chi connectivity index (χ4n) is 1.40. The van der Waals surface area contributed by atoms with Gasteiger partial charge in [0.1, 0.15) is 0 Å². The number of nitrogens with zero attached hydrogens (tertiary/aromatic N) is 1. The second-order valence-electron chi connectivity index (χ2n) is 3.62. The number of hydrogen-bond donors (Lipinski definition) is 1. The van der Waals surface area contributed by atoms with E-state index in [-0.39, 0.29) is 12.1 Å². The van der Waals surface area contributed by atoms with Crippen LogP contribution < -0.4 is 5.32 Å². The van der Waals surface area contributed by atoms with Gasteiger partial charge in [-0.25, -0.2) is 0 Å². The summed E-state index contributed by atoms with van der Waals surface area (Å²) in [5, 5.41) is 13.5. The fourth-order valence-corrected chi connectivity index (χ4v) is 2.06. The Morgan fingerprint density at radius 1 is 1.50 bits per heavy atom. The van der Waals surface area contributed by atoms with Gasteiger partial charge in [-0.15, -0.1) is 0 Å². The van der Waals surface area contributed by atoms with Crippen LogP contribution in [-0.2, 0) is 17.3 Å². The summed E-state index contributed by atoms with van der Waals surface area (Å²) in [6, 6.07) is 4.07. The largest absolute Gasteiger partial charge is 0.312 e. The molecule has 100 valence electrons. The SMILES string of the molecule is CCS(=O)CCNCc1cccc([N+](=O)[O-])c1F. The van der Waals surface area contributed by atoms with Crippen molar-refractivity contribution in [3.05, 3.63) is 39.7 Å². The number of halogens is 1. The van der Waals surface area contributed by atoms with E-state index >= 15 is 0 Å². The van der Waals surface area contributed by atoms with Gasteiger partial charge in [-0.3, -0.25) is 14.3 Å². The summed E-state index contributed by atoms with van der Waals surface area (Å²) < 4.78 is 24.8. The molecule has 1 rings (SSSR count). The average Bonchev–Trinajstić information content (AvgIpc) is 2.35. The first-order valence-electron chi connectivity index (χ1n) is 5.53. The molecule has 0 saturated heterocycles. The third-order valence-corrected chi connectivity index (χ3v) is 3.70. The van der Waals surface area contributed by atoms with Gasteiger partial charge in [-0.2, -0.15) is 4.39 Å². The lowest BCUT2D eigenvalue weighted by molar-refractivity contribution is -0.387. The summed E-state index contributed by atoms with van der Waals surface area (Å²) in [6.45, 7) is 2.51. The van der Waals surface area contributed by atoms with Crippen molar-refractivity contribution in [1.82, 2.24) is 5.32 Å². The number of rotatable bonds is 7. The van der Waals surface area contributed by atoms with Crippen molar-refractivity contribution in [3.63, 3.8) is 0 Å². The first kappa shape index (κ1) is 14.7. The molecule has 0 amide bonds. The van der Waals surface area contributed by atoms with E-state index in [9.17, 15) is 18.7 Å². The minimum Gasteiger partial charge on any atom is -0.312 e. The van der Waals surface area contributed by atoms with Crippen molar-refractivity contribution in [1.29, 1.82) is 0 Å². The molecule has 1 unspecified atom stereocenters. The van der Waals surface area contributed by atoms with Gasteiger partial charge in [0.25, 0.3) is 0 Å². The lowest BCUT2D eigenvalue weighted by atomic mass is 10.2. The van der Waals surface area contributed by atoms with Crippen molar-refractivity contribution in [2.75, 3.05) is 18.1 Å². The van der Waals surface area contributed by atoms with Crippen LogP contribution in [0.4, 0.5) is 10.1 Å². The van der Waals surface area contributed by atoms with E-state index in [2.05, 4.69) is 5.32 Å². The summed E-state index contributed by atoms with van der Waals surface area (Å²) in [7, 11) is -0.866. The van der Waals surface area contributed by atoms with Crippen LogP contribution in [-0.4, -0.2) is 27.2 Å². The van der Waals surface area contributed by atoms with Crippen LogP contribution in [0.3, 0.4) is 0 Å². The third kappa shape index (κ3) is 4.15. The Morgan fingerprint density at radius 3 is 2.83 bits per heavy atom. The Morgan fingerprint density at radius 2 is 2.22 bits per heavy atom. The van der Waals surface area contributed by atoms with Crippen LogP contribution >= 0.6 is 0 Å². The highest BCUT2D eigenvalue weighted by Gasteiger charge is 2.16. The molecule has 1 N–H and O–H groups in total. The van der Waals surface area contributed by atoms with Gasteiger partial charge >= 0.3 is 5.69 Å². The number of hydrogen-bond acceptors (Lipinski definition) is 4. The maximum absolute atomic E-state index is 13.6. The molecule has 0 radical (unpaired) electrons. The summed E-state index contributed by atoms with van der Waals surface area (Å²) >= 11 is 0. The zero-order valence-corrected chi connectivity index (χ0v) is 10.8. The number of nitrogens with one attached hydrogen (secondary N) is 1. The number of nitro benzene ring substituents is 1. The molecular formula is C11H15FN2O3S. The van der Waals surface area contributed by atoms with Crippen LogP contribution in [0.2, 0.25) is 0 Å². The Balaban J connectivity index is 2.55. The molecule has 1 atom stereocenters. The molecule has 0 aromatic heterocycles. The molecular weight excluding hydrogens is 259 g/mol. The Labute approximate surface area is 107 Å². The normalized spacial score (nSPS) is 12.3. The van der Waals surface area contributed by atoms with Crippen molar-refractivity contribution in [3.8, 4) is 0 Å². The highest BCUT2D eigenvalue weighted by molar-refractivity contribution is 7.84. The quantitative estimate of drug-likeness (QED) is 0.465. The third-order valence-electron chi connectivity index (χ3n) is 2.40. The van der Waals surface area contributed by atoms with E-state index in [1.54, 1.807) is 0 Å². The van der Waals surface area contributed by atoms with Gasteiger partial charge in [0.2, 0.25) is 5.82 Å². The standard InChI is InChI=1S/C11H15FN2O3S/c1-2-18(17)7-6-13-8-9-4-3-5-10(11(9)12)14(15)16/h3-5,13H,2,6-8H2,1H3. The van der Waals surface area contributed by atoms with Gasteiger partial charge in [-0.1, -0.05) is 19.1 Å². The monoisotopic (exact) mass is 274 g/mol. The van der Waals surface area contributed by atoms with E-state index in [0.29, 0.717) is 18.1 Å². The predicted octanol–water partition coefficient (Wildman–Crippen LogP) is 1.59. The van der Waals surface area contributed by atoms with Crippen molar-refractivity contribution < 1.29 is 13.5 Å². The molecule has 0 aliphatic rings. The minimum absolute atomic E-state index is 0.189. The molecule has 0 heterocycles. The molecule has 0 saturated carbocycles. The Hall–Kier alpha value is -1.34. The average molecular weight is 274 g/mol. The van der Waals surface area contributed by atoms with Crippen molar-refractivity contribution in [2.45, 2.75) is 13.5 Å². The molecule has 1 aromatic carbocycles. The van der Waals surface area contributed by atoms with Crippen LogP contribution in [0.25, 0.3) is 0 Å². The Kier molecular flexibility index (Phi) is 5.87. The summed E-state index contributed by atoms with van der Waals surface area (Å²) in [5.41, 5.74) is -0.280. The maximum Gasteiger partial charge on any atom is 0.305 e. The van der Waals surface area contributed by atoms with E-state index in [0.717, 1.165) is 6.07 Å². The smallest absolute Gasteiger partial charge is 0.305 e. The van der Waals surface area contributed by atoms with Crippen molar-refractivity contribution in [2.24, 2.45) is 0 Å². The summed E-state index contributed by atoms with van der Waals surface area (Å²) in [4.78, 5) is 9.79.